The van der Waals surface area contributed by atoms with E-state index < -0.39 is 0 Å². The summed E-state index contributed by atoms with van der Waals surface area (Å²) in [6, 6.07) is 7.88. The van der Waals surface area contributed by atoms with E-state index in [1.807, 2.05) is 24.3 Å². The van der Waals surface area contributed by atoms with Gasteiger partial charge in [-0.15, -0.1) is 0 Å². The van der Waals surface area contributed by atoms with Gasteiger partial charge in [-0.1, -0.05) is 32.9 Å². The Morgan fingerprint density at radius 1 is 1.22 bits per heavy atom. The number of nitrogens with one attached hydrogen (secondary N) is 1. The van der Waals surface area contributed by atoms with Crippen molar-refractivity contribution in [3.05, 3.63) is 29.5 Å². The summed E-state index contributed by atoms with van der Waals surface area (Å²) >= 11 is 5.95. The number of rotatable bonds is 4. The molecule has 0 unspecified atom stereocenters. The van der Waals surface area contributed by atoms with E-state index in [0.29, 0.717) is 0 Å². The van der Waals surface area contributed by atoms with E-state index in [-0.39, 0.29) is 10.7 Å². The zero-order valence-corrected chi connectivity index (χ0v) is 11.8. The van der Waals surface area contributed by atoms with Crippen LogP contribution in [0.4, 0.5) is 5.82 Å². The monoisotopic (exact) mass is 263 g/mol. The van der Waals surface area contributed by atoms with E-state index in [9.17, 15) is 0 Å². The van der Waals surface area contributed by atoms with Crippen LogP contribution in [0.5, 0.6) is 0 Å². The fourth-order valence-corrected chi connectivity index (χ4v) is 1.81. The van der Waals surface area contributed by atoms with E-state index in [2.05, 4.69) is 36.1 Å². The predicted molar refractivity (Wildman–Crippen MR) is 77.1 cm³/mol. The average molecular weight is 264 g/mol. The van der Waals surface area contributed by atoms with Gasteiger partial charge >= 0.3 is 0 Å². The molecule has 0 fully saturated rings. The van der Waals surface area contributed by atoms with Gasteiger partial charge in [-0.05, 0) is 35.6 Å². The molecule has 4 heteroatoms. The smallest absolute Gasteiger partial charge is 0.224 e. The Hall–Kier alpha value is -1.35. The third-order valence-electron chi connectivity index (χ3n) is 3.27. The average Bonchev–Trinajstić information content (AvgIpc) is 2.36. The summed E-state index contributed by atoms with van der Waals surface area (Å²) in [5, 5.41) is 4.68. The molecule has 0 aliphatic rings. The third-order valence-corrected chi connectivity index (χ3v) is 3.44. The van der Waals surface area contributed by atoms with E-state index in [4.69, 9.17) is 11.6 Å². The number of fused-ring (bicyclic) bond motifs is 1. The quantitative estimate of drug-likeness (QED) is 0.843. The van der Waals surface area contributed by atoms with Gasteiger partial charge < -0.3 is 5.32 Å². The number of benzene rings is 1. The highest BCUT2D eigenvalue weighted by molar-refractivity contribution is 6.28. The fourth-order valence-electron chi connectivity index (χ4n) is 1.63. The van der Waals surface area contributed by atoms with Gasteiger partial charge in [-0.25, -0.2) is 9.97 Å². The van der Waals surface area contributed by atoms with Gasteiger partial charge in [0.05, 0.1) is 5.52 Å². The van der Waals surface area contributed by atoms with Crippen molar-refractivity contribution in [2.75, 3.05) is 11.9 Å². The van der Waals surface area contributed by atoms with E-state index >= 15 is 0 Å². The van der Waals surface area contributed by atoms with E-state index in [1.54, 1.807) is 0 Å². The lowest BCUT2D eigenvalue weighted by molar-refractivity contribution is 0.376. The van der Waals surface area contributed by atoms with Crippen molar-refractivity contribution < 1.29 is 0 Å². The van der Waals surface area contributed by atoms with Crippen LogP contribution in [0.2, 0.25) is 5.28 Å². The number of aromatic nitrogens is 2. The van der Waals surface area contributed by atoms with Crippen LogP contribution in [0.1, 0.15) is 27.2 Å². The Bertz CT molecular complexity index is 552. The van der Waals surface area contributed by atoms with Gasteiger partial charge in [0.15, 0.2) is 0 Å². The first-order chi connectivity index (χ1) is 8.52. The molecule has 0 bridgehead atoms. The van der Waals surface area contributed by atoms with Crippen molar-refractivity contribution in [3.8, 4) is 0 Å². The molecule has 0 saturated carbocycles. The zero-order valence-electron chi connectivity index (χ0n) is 11.0. The van der Waals surface area contributed by atoms with Crippen molar-refractivity contribution in [2.24, 2.45) is 5.41 Å². The highest BCUT2D eigenvalue weighted by atomic mass is 35.5. The number of anilines is 1. The molecular weight excluding hydrogens is 246 g/mol. The van der Waals surface area contributed by atoms with Gasteiger partial charge in [-0.2, -0.15) is 0 Å². The van der Waals surface area contributed by atoms with Gasteiger partial charge in [-0.3, -0.25) is 0 Å². The molecule has 0 aliphatic heterocycles. The molecule has 0 aliphatic carbocycles. The largest absolute Gasteiger partial charge is 0.369 e. The minimum Gasteiger partial charge on any atom is -0.369 e. The topological polar surface area (TPSA) is 37.8 Å². The molecule has 2 aromatic rings. The first-order valence-electron chi connectivity index (χ1n) is 6.18. The minimum atomic E-state index is 0.235. The van der Waals surface area contributed by atoms with Crippen LogP contribution >= 0.6 is 11.6 Å². The Morgan fingerprint density at radius 2 is 1.94 bits per heavy atom. The Balaban J connectivity index is 2.33. The van der Waals surface area contributed by atoms with Crippen LogP contribution in [-0.2, 0) is 0 Å². The fraction of sp³-hybridized carbons (Fsp3) is 0.429. The van der Waals surface area contributed by atoms with Crippen LogP contribution in [0.3, 0.4) is 0 Å². The van der Waals surface area contributed by atoms with E-state index in [0.717, 1.165) is 29.7 Å². The maximum absolute atomic E-state index is 5.95. The summed E-state index contributed by atoms with van der Waals surface area (Å²) in [5.74, 6) is 0.812. The first kappa shape index (κ1) is 13.1. The molecular formula is C14H18ClN3. The van der Waals surface area contributed by atoms with Crippen LogP contribution in [0, 0.1) is 5.41 Å². The normalized spacial score (nSPS) is 11.8. The molecule has 96 valence electrons. The predicted octanol–water partition coefficient (Wildman–Crippen LogP) is 4.13. The lowest BCUT2D eigenvalue weighted by Gasteiger charge is -2.23. The molecule has 0 spiro atoms. The second-order valence-electron chi connectivity index (χ2n) is 5.23. The molecule has 1 aromatic carbocycles. The number of nitrogens with zero attached hydrogens (tertiary/aromatic N) is 2. The second-order valence-corrected chi connectivity index (χ2v) is 5.57. The maximum Gasteiger partial charge on any atom is 0.224 e. The number of hydrogen-bond acceptors (Lipinski definition) is 3. The maximum atomic E-state index is 5.95. The molecule has 1 N–H and O–H groups in total. The number of halogens is 1. The van der Waals surface area contributed by atoms with Gasteiger partial charge in [0.2, 0.25) is 5.28 Å². The van der Waals surface area contributed by atoms with Crippen molar-refractivity contribution in [3.63, 3.8) is 0 Å². The second kappa shape index (κ2) is 5.11. The third kappa shape index (κ3) is 2.91. The molecule has 1 aromatic heterocycles. The van der Waals surface area contributed by atoms with Crippen LogP contribution < -0.4 is 5.32 Å². The molecule has 0 atom stereocenters. The molecule has 1 heterocycles. The van der Waals surface area contributed by atoms with Crippen molar-refractivity contribution in [1.82, 2.24) is 9.97 Å². The summed E-state index contributed by atoms with van der Waals surface area (Å²) in [7, 11) is 0. The number of para-hydroxylation sites is 1. The Labute approximate surface area is 113 Å². The van der Waals surface area contributed by atoms with Gasteiger partial charge in [0, 0.05) is 11.9 Å². The van der Waals surface area contributed by atoms with E-state index in [1.165, 1.54) is 0 Å². The number of hydrogen-bond donors (Lipinski definition) is 1. The summed E-state index contributed by atoms with van der Waals surface area (Å²) < 4.78 is 0. The Kier molecular flexibility index (Phi) is 3.71. The van der Waals surface area contributed by atoms with Crippen LogP contribution in [0.25, 0.3) is 10.9 Å². The standard InChI is InChI=1S/C14H18ClN3/c1-4-14(2,3)9-16-12-10-7-5-6-8-11(10)17-13(15)18-12/h5-8H,4,9H2,1-3H3,(H,16,17,18). The summed E-state index contributed by atoms with van der Waals surface area (Å²) in [5.41, 5.74) is 1.10. The lowest BCUT2D eigenvalue weighted by atomic mass is 9.90. The van der Waals surface area contributed by atoms with Crippen molar-refractivity contribution in [2.45, 2.75) is 27.2 Å². The highest BCUT2D eigenvalue weighted by Crippen LogP contribution is 2.25. The minimum absolute atomic E-state index is 0.235. The van der Waals surface area contributed by atoms with Crippen LogP contribution in [-0.4, -0.2) is 16.5 Å². The molecule has 18 heavy (non-hydrogen) atoms. The molecule has 3 nitrogen and oxygen atoms in total. The SMILES string of the molecule is CCC(C)(C)CNc1nc(Cl)nc2ccccc12. The van der Waals surface area contributed by atoms with Gasteiger partial charge in [0.25, 0.3) is 0 Å². The highest BCUT2D eigenvalue weighted by Gasteiger charge is 2.16. The summed E-state index contributed by atoms with van der Waals surface area (Å²) in [6.07, 6.45) is 1.11. The molecule has 0 saturated heterocycles. The van der Waals surface area contributed by atoms with Crippen molar-refractivity contribution in [1.29, 1.82) is 0 Å². The summed E-state index contributed by atoms with van der Waals surface area (Å²) in [4.78, 5) is 8.50. The zero-order chi connectivity index (χ0) is 13.2. The van der Waals surface area contributed by atoms with Crippen molar-refractivity contribution >= 4 is 28.3 Å². The van der Waals surface area contributed by atoms with Crippen LogP contribution in [0.15, 0.2) is 24.3 Å². The van der Waals surface area contributed by atoms with Gasteiger partial charge in [0.1, 0.15) is 5.82 Å². The summed E-state index contributed by atoms with van der Waals surface area (Å²) in [6.45, 7) is 7.50. The molecule has 0 radical (unpaired) electrons. The first-order valence-corrected chi connectivity index (χ1v) is 6.56. The lowest BCUT2D eigenvalue weighted by Crippen LogP contribution is -2.22. The Morgan fingerprint density at radius 3 is 2.67 bits per heavy atom. The molecule has 0 amide bonds. The molecule has 2 rings (SSSR count).